The molecule has 2 nitrogen and oxygen atoms in total. The van der Waals surface area contributed by atoms with Crippen LogP contribution < -0.4 is 9.80 Å². The molecule has 0 unspecified atom stereocenters. The molecule has 0 amide bonds. The molecule has 0 saturated carbocycles. The summed E-state index contributed by atoms with van der Waals surface area (Å²) >= 11 is -0.565. The predicted octanol–water partition coefficient (Wildman–Crippen LogP) is 9.98. The van der Waals surface area contributed by atoms with Crippen LogP contribution in [-0.2, 0) is 19.3 Å². The first kappa shape index (κ1) is 31.3. The van der Waals surface area contributed by atoms with Crippen molar-refractivity contribution in [1.29, 1.82) is 0 Å². The van der Waals surface area contributed by atoms with Gasteiger partial charge in [0.1, 0.15) is 0 Å². The number of benzene rings is 4. The predicted molar refractivity (Wildman–Crippen MR) is 180 cm³/mol. The van der Waals surface area contributed by atoms with Gasteiger partial charge in [-0.25, -0.2) is 0 Å². The van der Waals surface area contributed by atoms with Gasteiger partial charge in [-0.2, -0.15) is 0 Å². The van der Waals surface area contributed by atoms with Crippen LogP contribution in [0.3, 0.4) is 0 Å². The Kier molecular flexibility index (Phi) is 9.62. The molecule has 0 bridgehead atoms. The number of hydrogen-bond donors (Lipinski definition) is 0. The standard InChI is InChI=1S/C27H38N2.C12H6F.Au/c1-18(2)22-11-9-12-23(19(3)4)26(22)28-15-16-29(17-28)27-24(20(5)6)13-10-14-25(27)21(7)8;1-2-9-7-8-12(13)11-6-4-3-5-10(9)11;/h9-14,18-21H,15-16H2,1-8H3;3-8H;. The molecule has 43 heavy (non-hydrogen) atoms. The zero-order valence-electron chi connectivity index (χ0n) is 26.7. The monoisotopic (exact) mass is 756 g/mol. The summed E-state index contributed by atoms with van der Waals surface area (Å²) in [6.07, 6.45) is 0. The van der Waals surface area contributed by atoms with Crippen LogP contribution >= 0.6 is 0 Å². The molecule has 1 saturated heterocycles. The molecule has 4 aromatic carbocycles. The third-order valence-electron chi connectivity index (χ3n) is 8.32. The maximum atomic E-state index is 14.6. The molecule has 0 aliphatic carbocycles. The van der Waals surface area contributed by atoms with Gasteiger partial charge in [0.25, 0.3) is 0 Å². The summed E-state index contributed by atoms with van der Waals surface area (Å²) in [6, 6.07) is 24.7. The van der Waals surface area contributed by atoms with E-state index in [0.717, 1.165) is 24.0 Å². The summed E-state index contributed by atoms with van der Waals surface area (Å²) < 4.78 is 19.5. The Hall–Kier alpha value is -3.16. The van der Waals surface area contributed by atoms with Crippen LogP contribution in [0.4, 0.5) is 15.8 Å². The maximum absolute atomic E-state index is 14.6. The van der Waals surface area contributed by atoms with Gasteiger partial charge in [0.2, 0.25) is 0 Å². The molecular weight excluding hydrogens is 712 g/mol. The van der Waals surface area contributed by atoms with Crippen LogP contribution in [0.25, 0.3) is 10.8 Å². The minimum atomic E-state index is -0.565. The van der Waals surface area contributed by atoms with E-state index >= 15 is 0 Å². The Bertz CT molecular complexity index is 1590. The fourth-order valence-electron chi connectivity index (χ4n) is 6.10. The van der Waals surface area contributed by atoms with Gasteiger partial charge >= 0.3 is 268 Å². The van der Waals surface area contributed by atoms with Gasteiger partial charge < -0.3 is 0 Å². The second-order valence-electron chi connectivity index (χ2n) is 12.6. The molecule has 228 valence electrons. The molecule has 1 heterocycles. The summed E-state index contributed by atoms with van der Waals surface area (Å²) in [7, 11) is 0. The number of halogens is 1. The number of nitrogens with zero attached hydrogens (tertiary/aromatic N) is 2. The summed E-state index contributed by atoms with van der Waals surface area (Å²) in [5, 5.41) is 1.50. The Labute approximate surface area is 267 Å². The summed E-state index contributed by atoms with van der Waals surface area (Å²) in [6.45, 7) is 20.3. The first-order chi connectivity index (χ1) is 20.6. The van der Waals surface area contributed by atoms with Crippen LogP contribution in [0.15, 0.2) is 72.8 Å². The SMILES string of the molecule is CC(C)c1cccc(C(C)C)c1N1CCN(c2c(C(C)C)cccc2C(C)C)[C]1=[Au][C]#Cc1ccc(F)c2ccccc12. The average molecular weight is 757 g/mol. The van der Waals surface area contributed by atoms with E-state index in [2.05, 4.69) is 112 Å². The molecule has 4 heteroatoms. The van der Waals surface area contributed by atoms with E-state index in [4.69, 9.17) is 0 Å². The average Bonchev–Trinajstić information content (AvgIpc) is 3.40. The van der Waals surface area contributed by atoms with Crippen LogP contribution in [0.2, 0.25) is 0 Å². The van der Waals surface area contributed by atoms with Crippen LogP contribution in [0, 0.1) is 15.9 Å². The fourth-order valence-corrected chi connectivity index (χ4v) is 8.32. The topological polar surface area (TPSA) is 6.48 Å². The minimum absolute atomic E-state index is 0.199. The van der Waals surface area contributed by atoms with Crippen LogP contribution in [0.1, 0.15) is 107 Å². The summed E-state index contributed by atoms with van der Waals surface area (Å²) in [5.74, 6) is 4.92. The van der Waals surface area contributed by atoms with Crippen molar-refractivity contribution in [2.24, 2.45) is 0 Å². The number of fused-ring (bicyclic) bond motifs is 1. The Balaban J connectivity index is 1.74. The van der Waals surface area contributed by atoms with Crippen LogP contribution in [-0.4, -0.2) is 17.1 Å². The quantitative estimate of drug-likeness (QED) is 0.143. The molecule has 1 fully saturated rings. The van der Waals surface area contributed by atoms with E-state index in [0.29, 0.717) is 29.1 Å². The van der Waals surface area contributed by atoms with E-state index < -0.39 is 19.3 Å². The number of rotatable bonds is 6. The van der Waals surface area contributed by atoms with Crippen molar-refractivity contribution in [2.75, 3.05) is 22.9 Å². The van der Waals surface area contributed by atoms with Crippen molar-refractivity contribution in [1.82, 2.24) is 0 Å². The van der Waals surface area contributed by atoms with E-state index in [1.165, 1.54) is 37.6 Å². The van der Waals surface area contributed by atoms with Crippen molar-refractivity contribution >= 4 is 26.1 Å². The molecule has 1 aliphatic rings. The fraction of sp³-hybridized carbons (Fsp3) is 0.359. The number of anilines is 2. The zero-order valence-corrected chi connectivity index (χ0v) is 28.9. The molecule has 0 radical (unpaired) electrons. The van der Waals surface area contributed by atoms with Crippen molar-refractivity contribution in [3.05, 3.63) is 106 Å². The third kappa shape index (κ3) is 6.25. The third-order valence-corrected chi connectivity index (χ3v) is 10.5. The van der Waals surface area contributed by atoms with Gasteiger partial charge in [-0.3, -0.25) is 0 Å². The van der Waals surface area contributed by atoms with Gasteiger partial charge in [-0.1, -0.05) is 0 Å². The zero-order chi connectivity index (χ0) is 30.8. The molecule has 1 aliphatic heterocycles. The molecule has 4 aromatic rings. The number of hydrogen-bond acceptors (Lipinski definition) is 2. The number of para-hydroxylation sites is 2. The summed E-state index contributed by atoms with van der Waals surface area (Å²) in [4.78, 5) is 5.20. The Morgan fingerprint density at radius 2 is 1.02 bits per heavy atom. The second-order valence-corrected chi connectivity index (χ2v) is 14.7. The van der Waals surface area contributed by atoms with Gasteiger partial charge in [0.15, 0.2) is 0 Å². The molecule has 0 spiro atoms. The Morgan fingerprint density at radius 1 is 0.581 bits per heavy atom. The molecule has 5 rings (SSSR count). The molecular formula is C39H44AuFN2. The van der Waals surface area contributed by atoms with Gasteiger partial charge in [0.05, 0.1) is 0 Å². The van der Waals surface area contributed by atoms with Gasteiger partial charge in [-0.05, 0) is 0 Å². The van der Waals surface area contributed by atoms with E-state index in [-0.39, 0.29) is 5.82 Å². The van der Waals surface area contributed by atoms with Gasteiger partial charge in [-0.15, -0.1) is 0 Å². The van der Waals surface area contributed by atoms with E-state index in [9.17, 15) is 4.39 Å². The Morgan fingerprint density at radius 3 is 1.47 bits per heavy atom. The van der Waals surface area contributed by atoms with Gasteiger partial charge in [0, 0.05) is 0 Å². The van der Waals surface area contributed by atoms with Crippen molar-refractivity contribution < 1.29 is 23.7 Å². The first-order valence-electron chi connectivity index (χ1n) is 15.5. The van der Waals surface area contributed by atoms with Crippen molar-refractivity contribution in [3.8, 4) is 10.1 Å². The van der Waals surface area contributed by atoms with Crippen molar-refractivity contribution in [2.45, 2.75) is 79.1 Å². The second kappa shape index (κ2) is 13.2. The molecule has 0 aromatic heterocycles. The van der Waals surface area contributed by atoms with Crippen LogP contribution in [0.5, 0.6) is 0 Å². The first-order valence-corrected chi connectivity index (χ1v) is 17.7. The van der Waals surface area contributed by atoms with E-state index in [1.807, 2.05) is 30.3 Å². The molecule has 0 N–H and O–H groups in total. The normalized spacial score (nSPS) is 13.7. The summed E-state index contributed by atoms with van der Waals surface area (Å²) in [5.41, 5.74) is 9.20. The molecule has 0 atom stereocenters. The van der Waals surface area contributed by atoms with E-state index in [1.54, 1.807) is 6.07 Å². The van der Waals surface area contributed by atoms with Crippen molar-refractivity contribution in [3.63, 3.8) is 0 Å².